The smallest absolute Gasteiger partial charge is 0.329 e. The standard InChI is InChI=1S/C13H7F3N6O2/c14-13(15,16)11-19-9(22-24-11)7-1-3-8(4-2-7)10(23)20-12-17-5-6-18-21-12/h1-6H,(H,17,20,21,23). The minimum Gasteiger partial charge on any atom is -0.329 e. The molecule has 3 aromatic rings. The third-order valence-electron chi connectivity index (χ3n) is 2.78. The molecule has 1 amide bonds. The van der Waals surface area contributed by atoms with Crippen molar-refractivity contribution >= 4 is 11.9 Å². The van der Waals surface area contributed by atoms with E-state index in [1.807, 2.05) is 0 Å². The number of alkyl halides is 3. The Morgan fingerprint density at radius 1 is 1.12 bits per heavy atom. The number of hydrogen-bond donors (Lipinski definition) is 1. The van der Waals surface area contributed by atoms with Gasteiger partial charge in [0.1, 0.15) is 0 Å². The van der Waals surface area contributed by atoms with Gasteiger partial charge in [0.15, 0.2) is 0 Å². The molecule has 0 fully saturated rings. The Labute approximate surface area is 131 Å². The van der Waals surface area contributed by atoms with Crippen LogP contribution in [0.3, 0.4) is 0 Å². The van der Waals surface area contributed by atoms with Gasteiger partial charge in [0, 0.05) is 11.1 Å². The molecular formula is C13H7F3N6O2. The predicted octanol–water partition coefficient (Wildman–Crippen LogP) is 2.19. The van der Waals surface area contributed by atoms with E-state index in [2.05, 4.69) is 35.2 Å². The van der Waals surface area contributed by atoms with Crippen molar-refractivity contribution in [2.24, 2.45) is 0 Å². The number of aromatic nitrogens is 5. The number of carbonyl (C=O) groups excluding carboxylic acids is 1. The van der Waals surface area contributed by atoms with Crippen molar-refractivity contribution in [3.8, 4) is 11.4 Å². The molecule has 0 radical (unpaired) electrons. The lowest BCUT2D eigenvalue weighted by Crippen LogP contribution is -2.14. The summed E-state index contributed by atoms with van der Waals surface area (Å²) >= 11 is 0. The maximum atomic E-state index is 12.4. The average Bonchev–Trinajstić information content (AvgIpc) is 3.06. The molecule has 1 aromatic carbocycles. The average molecular weight is 336 g/mol. The molecule has 0 saturated carbocycles. The van der Waals surface area contributed by atoms with E-state index in [9.17, 15) is 18.0 Å². The van der Waals surface area contributed by atoms with Crippen LogP contribution in [0, 0.1) is 0 Å². The van der Waals surface area contributed by atoms with Crippen LogP contribution in [0.4, 0.5) is 19.1 Å². The van der Waals surface area contributed by atoms with Crippen molar-refractivity contribution in [2.75, 3.05) is 5.32 Å². The van der Waals surface area contributed by atoms with E-state index < -0.39 is 18.0 Å². The van der Waals surface area contributed by atoms with Gasteiger partial charge in [-0.05, 0) is 12.1 Å². The van der Waals surface area contributed by atoms with Crippen LogP contribution in [-0.4, -0.2) is 31.2 Å². The molecule has 0 bridgehead atoms. The molecule has 1 N–H and O–H groups in total. The van der Waals surface area contributed by atoms with Crippen LogP contribution in [0.2, 0.25) is 0 Å². The normalized spacial score (nSPS) is 11.3. The molecular weight excluding hydrogens is 329 g/mol. The number of anilines is 1. The van der Waals surface area contributed by atoms with Gasteiger partial charge in [-0.25, -0.2) is 4.98 Å². The van der Waals surface area contributed by atoms with Gasteiger partial charge in [-0.3, -0.25) is 10.1 Å². The highest BCUT2D eigenvalue weighted by atomic mass is 19.4. The van der Waals surface area contributed by atoms with E-state index >= 15 is 0 Å². The van der Waals surface area contributed by atoms with Gasteiger partial charge in [-0.2, -0.15) is 23.3 Å². The summed E-state index contributed by atoms with van der Waals surface area (Å²) in [5.41, 5.74) is 0.508. The summed E-state index contributed by atoms with van der Waals surface area (Å²) in [5.74, 6) is -2.14. The van der Waals surface area contributed by atoms with Crippen molar-refractivity contribution in [3.05, 3.63) is 48.1 Å². The van der Waals surface area contributed by atoms with Gasteiger partial charge in [0.2, 0.25) is 11.8 Å². The van der Waals surface area contributed by atoms with Crippen molar-refractivity contribution in [1.82, 2.24) is 25.3 Å². The van der Waals surface area contributed by atoms with E-state index in [0.717, 1.165) is 0 Å². The fourth-order valence-electron chi connectivity index (χ4n) is 1.71. The summed E-state index contributed by atoms with van der Waals surface area (Å²) < 4.78 is 41.4. The molecule has 0 unspecified atom stereocenters. The number of rotatable bonds is 3. The fourth-order valence-corrected chi connectivity index (χ4v) is 1.71. The topological polar surface area (TPSA) is 107 Å². The van der Waals surface area contributed by atoms with Crippen LogP contribution in [0.15, 0.2) is 41.2 Å². The number of carbonyl (C=O) groups is 1. The molecule has 0 aliphatic carbocycles. The first-order valence-electron chi connectivity index (χ1n) is 6.40. The number of halogens is 3. The van der Waals surface area contributed by atoms with Gasteiger partial charge < -0.3 is 4.52 Å². The molecule has 0 spiro atoms. The summed E-state index contributed by atoms with van der Waals surface area (Å²) in [6.45, 7) is 0. The monoisotopic (exact) mass is 336 g/mol. The van der Waals surface area contributed by atoms with Gasteiger partial charge in [0.25, 0.3) is 5.91 Å². The second-order valence-corrected chi connectivity index (χ2v) is 4.42. The molecule has 8 nitrogen and oxygen atoms in total. The first kappa shape index (κ1) is 15.5. The quantitative estimate of drug-likeness (QED) is 0.781. The van der Waals surface area contributed by atoms with Crippen molar-refractivity contribution in [2.45, 2.75) is 6.18 Å². The number of amides is 1. The second kappa shape index (κ2) is 6.02. The van der Waals surface area contributed by atoms with Crippen LogP contribution in [0.5, 0.6) is 0 Å². The van der Waals surface area contributed by atoms with Crippen molar-refractivity contribution in [3.63, 3.8) is 0 Å². The van der Waals surface area contributed by atoms with Crippen molar-refractivity contribution in [1.29, 1.82) is 0 Å². The summed E-state index contributed by atoms with van der Waals surface area (Å²) in [7, 11) is 0. The first-order valence-corrected chi connectivity index (χ1v) is 6.40. The summed E-state index contributed by atoms with van der Waals surface area (Å²) in [6.07, 6.45) is -2.00. The SMILES string of the molecule is O=C(Nc1nccnn1)c1ccc(-c2noc(C(F)(F)F)n2)cc1. The lowest BCUT2D eigenvalue weighted by atomic mass is 10.1. The van der Waals surface area contributed by atoms with Crippen molar-refractivity contribution < 1.29 is 22.5 Å². The molecule has 2 heterocycles. The zero-order chi connectivity index (χ0) is 17.2. The minimum absolute atomic E-state index is 0.0274. The van der Waals surface area contributed by atoms with Gasteiger partial charge in [-0.1, -0.05) is 17.3 Å². The third-order valence-corrected chi connectivity index (χ3v) is 2.78. The minimum atomic E-state index is -4.71. The molecule has 24 heavy (non-hydrogen) atoms. The maximum absolute atomic E-state index is 12.4. The van der Waals surface area contributed by atoms with E-state index in [4.69, 9.17) is 0 Å². The molecule has 0 aliphatic rings. The zero-order valence-electron chi connectivity index (χ0n) is 11.7. The van der Waals surface area contributed by atoms with E-state index in [0.29, 0.717) is 0 Å². The first-order chi connectivity index (χ1) is 11.4. The van der Waals surface area contributed by atoms with E-state index in [1.165, 1.54) is 36.7 Å². The molecule has 3 rings (SSSR count). The number of nitrogens with one attached hydrogen (secondary N) is 1. The Kier molecular flexibility index (Phi) is 3.90. The Morgan fingerprint density at radius 3 is 2.46 bits per heavy atom. The Bertz CT molecular complexity index is 848. The number of benzene rings is 1. The van der Waals surface area contributed by atoms with Crippen LogP contribution in [-0.2, 0) is 6.18 Å². The number of hydrogen-bond acceptors (Lipinski definition) is 7. The summed E-state index contributed by atoms with van der Waals surface area (Å²) in [4.78, 5) is 19.0. The maximum Gasteiger partial charge on any atom is 0.471 e. The Balaban J connectivity index is 1.76. The molecule has 11 heteroatoms. The van der Waals surface area contributed by atoms with Crippen LogP contribution < -0.4 is 5.32 Å². The molecule has 0 saturated heterocycles. The molecule has 0 aliphatic heterocycles. The Hall–Kier alpha value is -3.37. The molecule has 122 valence electrons. The fraction of sp³-hybridized carbons (Fsp3) is 0.0769. The second-order valence-electron chi connectivity index (χ2n) is 4.42. The zero-order valence-corrected chi connectivity index (χ0v) is 11.7. The number of nitrogens with zero attached hydrogens (tertiary/aromatic N) is 5. The Morgan fingerprint density at radius 2 is 1.88 bits per heavy atom. The highest BCUT2D eigenvalue weighted by Gasteiger charge is 2.38. The largest absolute Gasteiger partial charge is 0.471 e. The van der Waals surface area contributed by atoms with Crippen LogP contribution >= 0.6 is 0 Å². The van der Waals surface area contributed by atoms with Gasteiger partial charge >= 0.3 is 12.1 Å². The summed E-state index contributed by atoms with van der Waals surface area (Å²) in [5, 5.41) is 12.8. The van der Waals surface area contributed by atoms with Gasteiger partial charge in [-0.15, -0.1) is 5.10 Å². The molecule has 0 atom stereocenters. The van der Waals surface area contributed by atoms with Crippen LogP contribution in [0.1, 0.15) is 16.2 Å². The van der Waals surface area contributed by atoms with Crippen LogP contribution in [0.25, 0.3) is 11.4 Å². The predicted molar refractivity (Wildman–Crippen MR) is 72.5 cm³/mol. The molecule has 2 aromatic heterocycles. The summed E-state index contributed by atoms with van der Waals surface area (Å²) in [6, 6.07) is 5.57. The lowest BCUT2D eigenvalue weighted by Gasteiger charge is -2.03. The lowest BCUT2D eigenvalue weighted by molar-refractivity contribution is -0.159. The highest BCUT2D eigenvalue weighted by molar-refractivity contribution is 6.03. The highest BCUT2D eigenvalue weighted by Crippen LogP contribution is 2.29. The van der Waals surface area contributed by atoms with E-state index in [-0.39, 0.29) is 22.9 Å². The third kappa shape index (κ3) is 3.34. The van der Waals surface area contributed by atoms with E-state index in [1.54, 1.807) is 0 Å². The van der Waals surface area contributed by atoms with Gasteiger partial charge in [0.05, 0.1) is 12.4 Å².